The summed E-state index contributed by atoms with van der Waals surface area (Å²) in [5.41, 5.74) is 1.52. The van der Waals surface area contributed by atoms with Gasteiger partial charge in [-0.15, -0.1) is 0 Å². The summed E-state index contributed by atoms with van der Waals surface area (Å²) in [7, 11) is 0. The summed E-state index contributed by atoms with van der Waals surface area (Å²) < 4.78 is 18.7. The highest BCUT2D eigenvalue weighted by Gasteiger charge is 2.18. The van der Waals surface area contributed by atoms with Crippen LogP contribution in [0.15, 0.2) is 48.5 Å². The second-order valence-corrected chi connectivity index (χ2v) is 5.50. The molecular formula is C18H20FNO4. The third-order valence-electron chi connectivity index (χ3n) is 3.61. The van der Waals surface area contributed by atoms with E-state index in [0.717, 1.165) is 11.1 Å². The standard InChI is InChI=1S/C18H20FNO4/c1-13(11-21)20(18(22)23)10-14-5-7-17(8-6-14)24-12-15-3-2-4-16(19)9-15/h2-9,13,21H,10-12H2,1H3,(H,22,23)/t13-/m0/s1. The Morgan fingerprint density at radius 2 is 1.92 bits per heavy atom. The van der Waals surface area contributed by atoms with E-state index in [2.05, 4.69) is 0 Å². The van der Waals surface area contributed by atoms with E-state index in [1.165, 1.54) is 17.0 Å². The molecule has 1 atom stereocenters. The molecule has 0 saturated carbocycles. The number of aliphatic hydroxyl groups is 1. The largest absolute Gasteiger partial charge is 0.489 e. The van der Waals surface area contributed by atoms with Crippen molar-refractivity contribution < 1.29 is 24.1 Å². The molecule has 0 fully saturated rings. The smallest absolute Gasteiger partial charge is 0.407 e. The van der Waals surface area contributed by atoms with Crippen molar-refractivity contribution in [2.24, 2.45) is 0 Å². The molecule has 0 heterocycles. The molecule has 0 bridgehead atoms. The molecule has 1 amide bonds. The van der Waals surface area contributed by atoms with E-state index in [1.807, 2.05) is 0 Å². The van der Waals surface area contributed by atoms with Crippen molar-refractivity contribution in [1.29, 1.82) is 0 Å². The van der Waals surface area contributed by atoms with Crippen LogP contribution in [0.5, 0.6) is 5.75 Å². The number of ether oxygens (including phenoxy) is 1. The molecule has 0 radical (unpaired) electrons. The lowest BCUT2D eigenvalue weighted by molar-refractivity contribution is 0.0999. The first kappa shape index (κ1) is 17.7. The van der Waals surface area contributed by atoms with Gasteiger partial charge in [0, 0.05) is 6.54 Å². The molecule has 2 aromatic carbocycles. The van der Waals surface area contributed by atoms with Crippen molar-refractivity contribution in [2.45, 2.75) is 26.1 Å². The van der Waals surface area contributed by atoms with Crippen molar-refractivity contribution in [3.63, 3.8) is 0 Å². The van der Waals surface area contributed by atoms with Crippen LogP contribution < -0.4 is 4.74 Å². The van der Waals surface area contributed by atoms with Crippen LogP contribution in [-0.4, -0.2) is 33.9 Å². The number of aliphatic hydroxyl groups excluding tert-OH is 1. The van der Waals surface area contributed by atoms with Crippen LogP contribution in [0.2, 0.25) is 0 Å². The Bertz CT molecular complexity index is 675. The van der Waals surface area contributed by atoms with Crippen LogP contribution in [-0.2, 0) is 13.2 Å². The first-order valence-electron chi connectivity index (χ1n) is 7.56. The predicted molar refractivity (Wildman–Crippen MR) is 87.3 cm³/mol. The van der Waals surface area contributed by atoms with Gasteiger partial charge in [0.1, 0.15) is 18.2 Å². The van der Waals surface area contributed by atoms with E-state index in [-0.39, 0.29) is 25.6 Å². The first-order valence-corrected chi connectivity index (χ1v) is 7.56. The Kier molecular flexibility index (Phi) is 6.14. The monoisotopic (exact) mass is 333 g/mol. The summed E-state index contributed by atoms with van der Waals surface area (Å²) in [5, 5.41) is 18.3. The van der Waals surface area contributed by atoms with Crippen LogP contribution in [0, 0.1) is 5.82 Å². The summed E-state index contributed by atoms with van der Waals surface area (Å²) in [6.07, 6.45) is -1.08. The molecule has 0 unspecified atom stereocenters. The molecule has 5 nitrogen and oxygen atoms in total. The van der Waals surface area contributed by atoms with Gasteiger partial charge < -0.3 is 14.9 Å². The zero-order chi connectivity index (χ0) is 17.5. The normalized spacial score (nSPS) is 11.8. The predicted octanol–water partition coefficient (Wildman–Crippen LogP) is 3.27. The summed E-state index contributed by atoms with van der Waals surface area (Å²) >= 11 is 0. The molecule has 2 N–H and O–H groups in total. The molecule has 2 aromatic rings. The van der Waals surface area contributed by atoms with E-state index >= 15 is 0 Å². The van der Waals surface area contributed by atoms with Gasteiger partial charge in [-0.05, 0) is 42.3 Å². The van der Waals surface area contributed by atoms with Gasteiger partial charge >= 0.3 is 6.09 Å². The summed E-state index contributed by atoms with van der Waals surface area (Å²) in [6.45, 7) is 1.84. The highest BCUT2D eigenvalue weighted by molar-refractivity contribution is 5.65. The number of hydrogen-bond donors (Lipinski definition) is 2. The third-order valence-corrected chi connectivity index (χ3v) is 3.61. The van der Waals surface area contributed by atoms with Gasteiger partial charge in [-0.25, -0.2) is 9.18 Å². The molecule has 6 heteroatoms. The van der Waals surface area contributed by atoms with Crippen LogP contribution in [0.3, 0.4) is 0 Å². The molecule has 128 valence electrons. The van der Waals surface area contributed by atoms with Gasteiger partial charge in [0.25, 0.3) is 0 Å². The van der Waals surface area contributed by atoms with Crippen LogP contribution in [0.25, 0.3) is 0 Å². The fourth-order valence-electron chi connectivity index (χ4n) is 2.19. The van der Waals surface area contributed by atoms with Crippen molar-refractivity contribution in [3.05, 3.63) is 65.5 Å². The van der Waals surface area contributed by atoms with E-state index in [9.17, 15) is 14.3 Å². The van der Waals surface area contributed by atoms with Crippen molar-refractivity contribution in [3.8, 4) is 5.75 Å². The van der Waals surface area contributed by atoms with Gasteiger partial charge in [0.05, 0.1) is 12.6 Å². The number of benzene rings is 2. The average Bonchev–Trinajstić information content (AvgIpc) is 2.58. The van der Waals surface area contributed by atoms with Gasteiger partial charge in [0.15, 0.2) is 0 Å². The zero-order valence-electron chi connectivity index (χ0n) is 13.4. The number of hydrogen-bond acceptors (Lipinski definition) is 3. The quantitative estimate of drug-likeness (QED) is 0.816. The average molecular weight is 333 g/mol. The number of carboxylic acid groups (broad SMARTS) is 1. The maximum absolute atomic E-state index is 13.1. The van der Waals surface area contributed by atoms with Gasteiger partial charge in [-0.3, -0.25) is 4.90 Å². The van der Waals surface area contributed by atoms with E-state index < -0.39 is 12.1 Å². The molecule has 0 aliphatic rings. The van der Waals surface area contributed by atoms with Gasteiger partial charge in [-0.2, -0.15) is 0 Å². The number of rotatable bonds is 7. The molecule has 2 rings (SSSR count). The molecule has 0 aliphatic carbocycles. The van der Waals surface area contributed by atoms with E-state index in [4.69, 9.17) is 9.84 Å². The second-order valence-electron chi connectivity index (χ2n) is 5.50. The van der Waals surface area contributed by atoms with Crippen LogP contribution in [0.4, 0.5) is 9.18 Å². The Morgan fingerprint density at radius 1 is 1.21 bits per heavy atom. The Morgan fingerprint density at radius 3 is 2.50 bits per heavy atom. The third kappa shape index (κ3) is 4.96. The van der Waals surface area contributed by atoms with Crippen molar-refractivity contribution in [2.75, 3.05) is 6.61 Å². The fraction of sp³-hybridized carbons (Fsp3) is 0.278. The zero-order valence-corrected chi connectivity index (χ0v) is 13.4. The Hall–Kier alpha value is -2.60. The van der Waals surface area contributed by atoms with E-state index in [1.54, 1.807) is 43.3 Å². The number of amides is 1. The maximum Gasteiger partial charge on any atom is 0.407 e. The minimum absolute atomic E-state index is 0.182. The number of carbonyl (C=O) groups is 1. The lowest BCUT2D eigenvalue weighted by atomic mass is 10.2. The molecule has 0 aromatic heterocycles. The molecule has 0 saturated heterocycles. The first-order chi connectivity index (χ1) is 11.5. The number of halogens is 1. The van der Waals surface area contributed by atoms with Gasteiger partial charge in [-0.1, -0.05) is 24.3 Å². The summed E-state index contributed by atoms with van der Waals surface area (Å²) in [6, 6.07) is 12.7. The van der Waals surface area contributed by atoms with E-state index in [0.29, 0.717) is 5.75 Å². The van der Waals surface area contributed by atoms with Gasteiger partial charge in [0.2, 0.25) is 0 Å². The lowest BCUT2D eigenvalue weighted by Gasteiger charge is -2.25. The van der Waals surface area contributed by atoms with Crippen LogP contribution in [0.1, 0.15) is 18.1 Å². The SMILES string of the molecule is C[C@@H](CO)N(Cc1ccc(OCc2cccc(F)c2)cc1)C(=O)O. The van der Waals surface area contributed by atoms with Crippen LogP contribution >= 0.6 is 0 Å². The summed E-state index contributed by atoms with van der Waals surface area (Å²) in [5.74, 6) is 0.304. The second kappa shape index (κ2) is 8.31. The molecule has 0 spiro atoms. The topological polar surface area (TPSA) is 70.0 Å². The minimum Gasteiger partial charge on any atom is -0.489 e. The maximum atomic E-state index is 13.1. The highest BCUT2D eigenvalue weighted by atomic mass is 19.1. The molecular weight excluding hydrogens is 313 g/mol. The molecule has 0 aliphatic heterocycles. The number of nitrogens with zero attached hydrogens (tertiary/aromatic N) is 1. The fourth-order valence-corrected chi connectivity index (χ4v) is 2.19. The van der Waals surface area contributed by atoms with Crippen molar-refractivity contribution >= 4 is 6.09 Å². The van der Waals surface area contributed by atoms with Crippen molar-refractivity contribution in [1.82, 2.24) is 4.90 Å². The lowest BCUT2D eigenvalue weighted by Crippen LogP contribution is -2.39. The highest BCUT2D eigenvalue weighted by Crippen LogP contribution is 2.17. The summed E-state index contributed by atoms with van der Waals surface area (Å²) in [4.78, 5) is 12.4. The Balaban J connectivity index is 1.96. The minimum atomic E-state index is -1.08. The molecule has 24 heavy (non-hydrogen) atoms. The Labute approximate surface area is 139 Å².